The number of nitrogens with zero attached hydrogens (tertiary/aromatic N) is 2. The summed E-state index contributed by atoms with van der Waals surface area (Å²) in [7, 11) is 0. The molecule has 0 bridgehead atoms. The van der Waals surface area contributed by atoms with Gasteiger partial charge in [0.1, 0.15) is 5.60 Å². The van der Waals surface area contributed by atoms with Crippen LogP contribution in [0.1, 0.15) is 28.1 Å². The van der Waals surface area contributed by atoms with Gasteiger partial charge in [-0.1, -0.05) is 12.1 Å². The molecule has 2 aromatic rings. The van der Waals surface area contributed by atoms with Crippen molar-refractivity contribution in [2.45, 2.75) is 31.2 Å². The Kier molecular flexibility index (Phi) is 4.35. The Morgan fingerprint density at radius 1 is 1.42 bits per heavy atom. The van der Waals surface area contributed by atoms with Crippen LogP contribution < -0.4 is 0 Å². The fourth-order valence-corrected chi connectivity index (χ4v) is 4.08. The van der Waals surface area contributed by atoms with Crippen LogP contribution >= 0.6 is 11.3 Å². The molecule has 0 aromatic carbocycles. The van der Waals surface area contributed by atoms with Crippen molar-refractivity contribution in [2.75, 3.05) is 19.7 Å². The number of aromatic nitrogens is 1. The van der Waals surface area contributed by atoms with Crippen molar-refractivity contribution in [3.05, 3.63) is 52.5 Å². The van der Waals surface area contributed by atoms with Gasteiger partial charge in [-0.2, -0.15) is 0 Å². The molecule has 2 saturated heterocycles. The third-order valence-electron chi connectivity index (χ3n) is 4.63. The highest BCUT2D eigenvalue weighted by Crippen LogP contribution is 2.36. The van der Waals surface area contributed by atoms with Crippen LogP contribution in [0.3, 0.4) is 0 Å². The van der Waals surface area contributed by atoms with Gasteiger partial charge in [-0.05, 0) is 29.5 Å². The Balaban J connectivity index is 1.30. The molecule has 0 saturated carbocycles. The zero-order chi connectivity index (χ0) is 16.4. The van der Waals surface area contributed by atoms with Gasteiger partial charge in [0.2, 0.25) is 0 Å². The topological polar surface area (TPSA) is 51.7 Å². The molecule has 24 heavy (non-hydrogen) atoms. The van der Waals surface area contributed by atoms with Gasteiger partial charge in [0, 0.05) is 25.4 Å². The second-order valence-electron chi connectivity index (χ2n) is 6.46. The smallest absolute Gasteiger partial charge is 0.264 e. The molecule has 1 spiro atoms. The number of thiophene rings is 1. The van der Waals surface area contributed by atoms with Gasteiger partial charge in [0.15, 0.2) is 0 Å². The summed E-state index contributed by atoms with van der Waals surface area (Å²) in [5, 5.41) is 1.93. The molecular formula is C18H20N2O3S. The van der Waals surface area contributed by atoms with Crippen LogP contribution in [0.2, 0.25) is 0 Å². The lowest BCUT2D eigenvalue weighted by Crippen LogP contribution is -2.67. The molecule has 6 heteroatoms. The number of carbonyl (C=O) groups excluding carboxylic acids is 1. The summed E-state index contributed by atoms with van der Waals surface area (Å²) >= 11 is 1.49. The van der Waals surface area contributed by atoms with E-state index in [1.165, 1.54) is 11.3 Å². The Labute approximate surface area is 145 Å². The van der Waals surface area contributed by atoms with E-state index in [9.17, 15) is 4.79 Å². The summed E-state index contributed by atoms with van der Waals surface area (Å²) in [6.45, 7) is 2.60. The van der Waals surface area contributed by atoms with Crippen LogP contribution in [0.5, 0.6) is 0 Å². The lowest BCUT2D eigenvalue weighted by atomic mass is 9.84. The summed E-state index contributed by atoms with van der Waals surface area (Å²) in [5.41, 5.74) is 0.867. The number of carbonyl (C=O) groups is 1. The lowest BCUT2D eigenvalue weighted by molar-refractivity contribution is -0.187. The van der Waals surface area contributed by atoms with Crippen molar-refractivity contribution >= 4 is 17.2 Å². The maximum Gasteiger partial charge on any atom is 0.264 e. The fourth-order valence-electron chi connectivity index (χ4n) is 3.39. The van der Waals surface area contributed by atoms with E-state index in [0.29, 0.717) is 26.3 Å². The summed E-state index contributed by atoms with van der Waals surface area (Å²) in [6.07, 6.45) is 5.53. The van der Waals surface area contributed by atoms with Crippen molar-refractivity contribution in [3.8, 4) is 0 Å². The SMILES string of the molecule is O=C(c1cccs1)N1CC2(CC(OCc3cccnc3)CCO2)C1. The van der Waals surface area contributed by atoms with Crippen molar-refractivity contribution in [1.82, 2.24) is 9.88 Å². The van der Waals surface area contributed by atoms with Gasteiger partial charge >= 0.3 is 0 Å². The minimum atomic E-state index is -0.217. The van der Waals surface area contributed by atoms with Gasteiger partial charge in [0.05, 0.1) is 30.7 Å². The minimum absolute atomic E-state index is 0.109. The van der Waals surface area contributed by atoms with Crippen LogP contribution in [0.25, 0.3) is 0 Å². The maximum absolute atomic E-state index is 12.3. The molecule has 2 fully saturated rings. The largest absolute Gasteiger partial charge is 0.373 e. The first-order valence-electron chi connectivity index (χ1n) is 8.21. The predicted octanol–water partition coefficient (Wildman–Crippen LogP) is 2.73. The molecule has 1 unspecified atom stereocenters. The number of hydrogen-bond acceptors (Lipinski definition) is 5. The van der Waals surface area contributed by atoms with Crippen LogP contribution in [0, 0.1) is 0 Å². The third kappa shape index (κ3) is 3.22. The molecule has 4 heterocycles. The second kappa shape index (κ2) is 6.63. The van der Waals surface area contributed by atoms with Gasteiger partial charge in [-0.25, -0.2) is 0 Å². The summed E-state index contributed by atoms with van der Waals surface area (Å²) in [4.78, 5) is 19.1. The predicted molar refractivity (Wildman–Crippen MR) is 91.0 cm³/mol. The Hall–Kier alpha value is -1.76. The average Bonchev–Trinajstić information content (AvgIpc) is 3.13. The van der Waals surface area contributed by atoms with Gasteiger partial charge in [-0.15, -0.1) is 11.3 Å². The fraction of sp³-hybridized carbons (Fsp3) is 0.444. The highest BCUT2D eigenvalue weighted by Gasteiger charge is 2.49. The molecule has 2 aliphatic heterocycles. The van der Waals surface area contributed by atoms with E-state index in [2.05, 4.69) is 4.98 Å². The van der Waals surface area contributed by atoms with Crippen LogP contribution in [-0.2, 0) is 16.1 Å². The molecular weight excluding hydrogens is 324 g/mol. The average molecular weight is 344 g/mol. The standard InChI is InChI=1S/C18H20N2O3S/c21-17(16-4-2-8-24-16)20-12-18(13-20)9-15(5-7-23-18)22-11-14-3-1-6-19-10-14/h1-4,6,8,10,15H,5,7,9,11-13H2. The highest BCUT2D eigenvalue weighted by molar-refractivity contribution is 7.12. The Morgan fingerprint density at radius 3 is 3.08 bits per heavy atom. The van der Waals surface area contributed by atoms with Crippen LogP contribution in [0.4, 0.5) is 0 Å². The summed E-state index contributed by atoms with van der Waals surface area (Å²) in [5.74, 6) is 0.109. The Morgan fingerprint density at radius 2 is 2.33 bits per heavy atom. The van der Waals surface area contributed by atoms with E-state index in [1.54, 1.807) is 6.20 Å². The maximum atomic E-state index is 12.3. The quantitative estimate of drug-likeness (QED) is 0.856. The van der Waals surface area contributed by atoms with E-state index < -0.39 is 0 Å². The van der Waals surface area contributed by atoms with Gasteiger partial charge in [-0.3, -0.25) is 9.78 Å². The van der Waals surface area contributed by atoms with Crippen molar-refractivity contribution in [3.63, 3.8) is 0 Å². The molecule has 1 atom stereocenters. The minimum Gasteiger partial charge on any atom is -0.373 e. The number of likely N-dealkylation sites (tertiary alicyclic amines) is 1. The van der Waals surface area contributed by atoms with Crippen molar-refractivity contribution < 1.29 is 14.3 Å². The monoisotopic (exact) mass is 344 g/mol. The highest BCUT2D eigenvalue weighted by atomic mass is 32.1. The van der Waals surface area contributed by atoms with Crippen molar-refractivity contribution in [1.29, 1.82) is 0 Å². The lowest BCUT2D eigenvalue weighted by Gasteiger charge is -2.52. The molecule has 2 aromatic heterocycles. The normalized spacial score (nSPS) is 22.3. The number of amides is 1. The Bertz CT molecular complexity index is 684. The molecule has 2 aliphatic rings. The molecule has 5 nitrogen and oxygen atoms in total. The molecule has 0 N–H and O–H groups in total. The summed E-state index contributed by atoms with van der Waals surface area (Å²) in [6, 6.07) is 7.73. The first kappa shape index (κ1) is 15.7. The van der Waals surface area contributed by atoms with Crippen molar-refractivity contribution in [2.24, 2.45) is 0 Å². The van der Waals surface area contributed by atoms with E-state index in [4.69, 9.17) is 9.47 Å². The molecule has 4 rings (SSSR count). The molecule has 0 aliphatic carbocycles. The molecule has 0 radical (unpaired) electrons. The van der Waals surface area contributed by atoms with Gasteiger partial charge < -0.3 is 14.4 Å². The van der Waals surface area contributed by atoms with Crippen LogP contribution in [0.15, 0.2) is 42.0 Å². The zero-order valence-electron chi connectivity index (χ0n) is 13.4. The first-order chi connectivity index (χ1) is 11.7. The van der Waals surface area contributed by atoms with E-state index in [1.807, 2.05) is 40.7 Å². The molecule has 126 valence electrons. The van der Waals surface area contributed by atoms with E-state index >= 15 is 0 Å². The number of pyridine rings is 1. The number of ether oxygens (including phenoxy) is 2. The first-order valence-corrected chi connectivity index (χ1v) is 9.09. The van der Waals surface area contributed by atoms with Crippen LogP contribution in [-0.4, -0.2) is 47.2 Å². The number of rotatable bonds is 4. The van der Waals surface area contributed by atoms with Gasteiger partial charge in [0.25, 0.3) is 5.91 Å². The summed E-state index contributed by atoms with van der Waals surface area (Å²) < 4.78 is 12.0. The zero-order valence-corrected chi connectivity index (χ0v) is 14.2. The van der Waals surface area contributed by atoms with E-state index in [0.717, 1.165) is 23.3 Å². The van der Waals surface area contributed by atoms with E-state index in [-0.39, 0.29) is 17.6 Å². The third-order valence-corrected chi connectivity index (χ3v) is 5.49. The molecule has 1 amide bonds. The second-order valence-corrected chi connectivity index (χ2v) is 7.40. The number of hydrogen-bond donors (Lipinski definition) is 0.